The number of halogens is 2. The molecule has 1 aliphatic carbocycles. The van der Waals surface area contributed by atoms with Gasteiger partial charge in [-0.15, -0.1) is 5.10 Å². The summed E-state index contributed by atoms with van der Waals surface area (Å²) in [6, 6.07) is 0. The van der Waals surface area contributed by atoms with Crippen LogP contribution in [0, 0.1) is 0 Å². The molecule has 0 N–H and O–H groups in total. The number of aromatic nitrogens is 3. The highest BCUT2D eigenvalue weighted by Gasteiger charge is 2.26. The molecule has 5 heteroatoms. The Morgan fingerprint density at radius 1 is 1.43 bits per heavy atom. The molecule has 14 heavy (non-hydrogen) atoms. The van der Waals surface area contributed by atoms with Gasteiger partial charge < -0.3 is 0 Å². The molecule has 2 atom stereocenters. The Labute approximate surface area is 101 Å². The lowest BCUT2D eigenvalue weighted by Crippen LogP contribution is -2.16. The van der Waals surface area contributed by atoms with E-state index in [9.17, 15) is 0 Å². The normalized spacial score (nSPS) is 27.9. The number of hydrogen-bond donors (Lipinski definition) is 0. The molecule has 1 fully saturated rings. The van der Waals surface area contributed by atoms with E-state index < -0.39 is 0 Å². The molecule has 1 aliphatic rings. The molecule has 0 aliphatic heterocycles. The molecule has 0 radical (unpaired) electrons. The van der Waals surface area contributed by atoms with Crippen LogP contribution in [0.4, 0.5) is 0 Å². The molecular weight excluding hydrogens is 310 g/mol. The first kappa shape index (κ1) is 10.6. The summed E-state index contributed by atoms with van der Waals surface area (Å²) in [6.45, 7) is 0. The molecule has 0 amide bonds. The molecule has 3 nitrogen and oxygen atoms in total. The zero-order valence-corrected chi connectivity index (χ0v) is 11.3. The fraction of sp³-hybridized carbons (Fsp3) is 0.778. The highest BCUT2D eigenvalue weighted by molar-refractivity contribution is 9.10. The zero-order valence-electron chi connectivity index (χ0n) is 8.08. The quantitative estimate of drug-likeness (QED) is 0.744. The second-order valence-corrected chi connectivity index (χ2v) is 5.90. The highest BCUT2D eigenvalue weighted by Crippen LogP contribution is 2.37. The first-order chi connectivity index (χ1) is 6.68. The van der Waals surface area contributed by atoms with Gasteiger partial charge in [0, 0.05) is 17.8 Å². The lowest BCUT2D eigenvalue weighted by atomic mass is 9.87. The van der Waals surface area contributed by atoms with Crippen molar-refractivity contribution in [2.45, 2.75) is 36.4 Å². The van der Waals surface area contributed by atoms with Crippen LogP contribution in [0.1, 0.15) is 37.3 Å². The summed E-state index contributed by atoms with van der Waals surface area (Å²) in [5.41, 5.74) is 1.24. The van der Waals surface area contributed by atoms with Crippen molar-refractivity contribution in [3.8, 4) is 0 Å². The molecule has 0 aromatic carbocycles. The van der Waals surface area contributed by atoms with Crippen molar-refractivity contribution in [1.82, 2.24) is 15.0 Å². The van der Waals surface area contributed by atoms with Crippen LogP contribution in [0.3, 0.4) is 0 Å². The average Bonchev–Trinajstić information content (AvgIpc) is 2.46. The Hall–Kier alpha value is 0.1000. The second kappa shape index (κ2) is 4.31. The summed E-state index contributed by atoms with van der Waals surface area (Å²) < 4.78 is 2.80. The summed E-state index contributed by atoms with van der Waals surface area (Å²) in [5.74, 6) is 0.600. The van der Waals surface area contributed by atoms with Crippen LogP contribution in [0.25, 0.3) is 0 Å². The van der Waals surface area contributed by atoms with Gasteiger partial charge >= 0.3 is 0 Å². The lowest BCUT2D eigenvalue weighted by Gasteiger charge is -2.25. The maximum Gasteiger partial charge on any atom is 0.151 e. The number of nitrogens with zero attached hydrogens (tertiary/aromatic N) is 3. The van der Waals surface area contributed by atoms with Gasteiger partial charge in [-0.25, -0.2) is 0 Å². The summed E-state index contributed by atoms with van der Waals surface area (Å²) in [6.07, 6.45) is 5.03. The second-order valence-electron chi connectivity index (χ2n) is 3.85. The minimum atomic E-state index is 0.600. The van der Waals surface area contributed by atoms with Crippen LogP contribution in [0.2, 0.25) is 0 Å². The van der Waals surface area contributed by atoms with E-state index in [2.05, 4.69) is 42.2 Å². The highest BCUT2D eigenvalue weighted by atomic mass is 79.9. The molecule has 2 rings (SSSR count). The average molecular weight is 323 g/mol. The molecule has 0 saturated heterocycles. The van der Waals surface area contributed by atoms with Crippen molar-refractivity contribution in [3.63, 3.8) is 0 Å². The summed E-state index contributed by atoms with van der Waals surface area (Å²) >= 11 is 7.16. The molecule has 1 saturated carbocycles. The monoisotopic (exact) mass is 321 g/mol. The van der Waals surface area contributed by atoms with Crippen LogP contribution in [-0.4, -0.2) is 19.8 Å². The summed E-state index contributed by atoms with van der Waals surface area (Å²) in [5, 5.41) is 8.05. The molecular formula is C9H13Br2N3. The van der Waals surface area contributed by atoms with Crippen molar-refractivity contribution >= 4 is 31.9 Å². The van der Waals surface area contributed by atoms with Gasteiger partial charge in [0.25, 0.3) is 0 Å². The van der Waals surface area contributed by atoms with Crippen molar-refractivity contribution in [1.29, 1.82) is 0 Å². The number of hydrogen-bond acceptors (Lipinski definition) is 2. The molecule has 1 heterocycles. The fourth-order valence-corrected chi connectivity index (χ4v) is 3.58. The van der Waals surface area contributed by atoms with E-state index in [1.807, 2.05) is 11.7 Å². The Morgan fingerprint density at radius 2 is 2.21 bits per heavy atom. The van der Waals surface area contributed by atoms with Crippen LogP contribution < -0.4 is 0 Å². The van der Waals surface area contributed by atoms with E-state index in [0.29, 0.717) is 10.7 Å². The Kier molecular flexibility index (Phi) is 3.27. The van der Waals surface area contributed by atoms with Gasteiger partial charge in [0.2, 0.25) is 0 Å². The van der Waals surface area contributed by atoms with Crippen molar-refractivity contribution in [3.05, 3.63) is 10.3 Å². The molecule has 1 aromatic heterocycles. The third-order valence-corrected chi connectivity index (χ3v) is 4.22. The fourth-order valence-electron chi connectivity index (χ4n) is 2.15. The van der Waals surface area contributed by atoms with Gasteiger partial charge in [-0.05, 0) is 35.2 Å². The summed E-state index contributed by atoms with van der Waals surface area (Å²) in [7, 11) is 1.96. The van der Waals surface area contributed by atoms with Gasteiger partial charge in [0.15, 0.2) is 4.60 Å². The van der Waals surface area contributed by atoms with Gasteiger partial charge in [0.1, 0.15) is 0 Å². The maximum atomic E-state index is 4.03. The van der Waals surface area contributed by atoms with E-state index in [0.717, 1.165) is 4.60 Å². The smallest absolute Gasteiger partial charge is 0.151 e. The number of alkyl halides is 1. The van der Waals surface area contributed by atoms with E-state index in [1.54, 1.807) is 0 Å². The standard InChI is InChI=1S/C9H13Br2N3/c1-14-8(9(11)12-13-14)6-3-2-4-7(10)5-6/h6-7H,2-5H2,1H3. The summed E-state index contributed by atoms with van der Waals surface area (Å²) in [4.78, 5) is 0.656. The number of aryl methyl sites for hydroxylation is 1. The van der Waals surface area contributed by atoms with E-state index >= 15 is 0 Å². The van der Waals surface area contributed by atoms with E-state index in [-0.39, 0.29) is 0 Å². The van der Waals surface area contributed by atoms with Crippen LogP contribution in [-0.2, 0) is 7.05 Å². The maximum absolute atomic E-state index is 4.03. The largest absolute Gasteiger partial charge is 0.251 e. The van der Waals surface area contributed by atoms with Crippen LogP contribution in [0.5, 0.6) is 0 Å². The number of rotatable bonds is 1. The minimum Gasteiger partial charge on any atom is -0.251 e. The zero-order chi connectivity index (χ0) is 10.1. The van der Waals surface area contributed by atoms with Gasteiger partial charge in [-0.2, -0.15) is 0 Å². The lowest BCUT2D eigenvalue weighted by molar-refractivity contribution is 0.435. The third-order valence-electron chi connectivity index (χ3n) is 2.82. The molecule has 1 aromatic rings. The van der Waals surface area contributed by atoms with Gasteiger partial charge in [-0.3, -0.25) is 4.68 Å². The first-order valence-corrected chi connectivity index (χ1v) is 6.58. The minimum absolute atomic E-state index is 0.600. The SMILES string of the molecule is Cn1nnc(Br)c1C1CCCC(Br)C1. The molecule has 0 bridgehead atoms. The van der Waals surface area contributed by atoms with Crippen molar-refractivity contribution in [2.24, 2.45) is 7.05 Å². The predicted octanol–water partition coefficient (Wildman–Crippen LogP) is 3.00. The first-order valence-electron chi connectivity index (χ1n) is 4.87. The van der Waals surface area contributed by atoms with Gasteiger partial charge in [-0.1, -0.05) is 27.6 Å². The van der Waals surface area contributed by atoms with Crippen LogP contribution in [0.15, 0.2) is 4.60 Å². The Morgan fingerprint density at radius 3 is 2.79 bits per heavy atom. The predicted molar refractivity (Wildman–Crippen MR) is 62.6 cm³/mol. The van der Waals surface area contributed by atoms with Gasteiger partial charge in [0.05, 0.1) is 5.69 Å². The van der Waals surface area contributed by atoms with Crippen molar-refractivity contribution in [2.75, 3.05) is 0 Å². The van der Waals surface area contributed by atoms with E-state index in [1.165, 1.54) is 31.4 Å². The molecule has 2 unspecified atom stereocenters. The molecule has 78 valence electrons. The Balaban J connectivity index is 2.21. The van der Waals surface area contributed by atoms with Crippen molar-refractivity contribution < 1.29 is 0 Å². The Bertz CT molecular complexity index is 304. The topological polar surface area (TPSA) is 30.7 Å². The van der Waals surface area contributed by atoms with Crippen LogP contribution >= 0.6 is 31.9 Å². The third kappa shape index (κ3) is 2.03. The van der Waals surface area contributed by atoms with E-state index in [4.69, 9.17) is 0 Å². The molecule has 0 spiro atoms.